The fourth-order valence-corrected chi connectivity index (χ4v) is 0.868. The highest BCUT2D eigenvalue weighted by Gasteiger charge is 1.87. The van der Waals surface area contributed by atoms with E-state index in [1.165, 1.54) is 6.92 Å². The molecule has 1 N–H and O–H groups in total. The van der Waals surface area contributed by atoms with Crippen LogP contribution < -0.4 is 5.32 Å². The van der Waals surface area contributed by atoms with Crippen LogP contribution in [-0.2, 0) is 14.3 Å². The van der Waals surface area contributed by atoms with Crippen LogP contribution in [0.1, 0.15) is 26.2 Å². The lowest BCUT2D eigenvalue weighted by Crippen LogP contribution is -2.11. The van der Waals surface area contributed by atoms with Crippen LogP contribution in [0, 0.1) is 0 Å². The third-order valence-electron chi connectivity index (χ3n) is 1.52. The number of rotatable bonds is 8. The molecule has 1 amide bonds. The van der Waals surface area contributed by atoms with Crippen LogP contribution in [0.15, 0.2) is 12.3 Å². The summed E-state index contributed by atoms with van der Waals surface area (Å²) in [6, 6.07) is 0. The summed E-state index contributed by atoms with van der Waals surface area (Å²) in [5.41, 5.74) is 0. The number of hydrogen-bond donors (Lipinski definition) is 1. The van der Waals surface area contributed by atoms with Gasteiger partial charge in [-0.25, -0.2) is 0 Å². The lowest BCUT2D eigenvalue weighted by molar-refractivity contribution is -0.118. The number of amides is 1. The third kappa shape index (κ3) is 11.1. The summed E-state index contributed by atoms with van der Waals surface area (Å²) in [6.45, 7) is 2.58. The molecule has 82 valence electrons. The fourth-order valence-electron chi connectivity index (χ4n) is 0.868. The van der Waals surface area contributed by atoms with Crippen LogP contribution in [0.3, 0.4) is 0 Å². The molecule has 0 aliphatic heterocycles. The van der Waals surface area contributed by atoms with Crippen molar-refractivity contribution in [2.45, 2.75) is 26.2 Å². The zero-order valence-corrected chi connectivity index (χ0v) is 8.91. The zero-order valence-electron chi connectivity index (χ0n) is 8.91. The fraction of sp³-hybridized carbons (Fsp3) is 0.700. The summed E-state index contributed by atoms with van der Waals surface area (Å²) in [5, 5.41) is 2.59. The van der Waals surface area contributed by atoms with E-state index in [2.05, 4.69) is 5.32 Å². The van der Waals surface area contributed by atoms with Crippen LogP contribution in [-0.4, -0.2) is 26.4 Å². The Labute approximate surface area is 85.3 Å². The van der Waals surface area contributed by atoms with Crippen molar-refractivity contribution in [2.75, 3.05) is 20.5 Å². The predicted molar refractivity (Wildman–Crippen MR) is 54.6 cm³/mol. The maximum atomic E-state index is 10.5. The van der Waals surface area contributed by atoms with E-state index in [9.17, 15) is 4.79 Å². The summed E-state index contributed by atoms with van der Waals surface area (Å²) in [5.74, 6) is -0.0373. The Balaban J connectivity index is 3.05. The number of carbonyl (C=O) groups is 1. The standard InChI is InChI=1S/C10H19NO3/c1-10(12)11-7-5-3-4-6-8-14-9-13-2/h5,7H,3-4,6,8-9H2,1-2H3,(H,11,12)/b7-5+. The van der Waals surface area contributed by atoms with Gasteiger partial charge in [-0.05, 0) is 25.5 Å². The first-order valence-corrected chi connectivity index (χ1v) is 4.76. The van der Waals surface area contributed by atoms with E-state index in [0.717, 1.165) is 25.9 Å². The first kappa shape index (κ1) is 13.1. The van der Waals surface area contributed by atoms with Crippen molar-refractivity contribution >= 4 is 5.91 Å². The summed E-state index contributed by atoms with van der Waals surface area (Å²) in [7, 11) is 1.61. The highest BCUT2D eigenvalue weighted by molar-refractivity contribution is 5.73. The second-order valence-corrected chi connectivity index (χ2v) is 2.91. The van der Waals surface area contributed by atoms with Gasteiger partial charge in [0, 0.05) is 20.6 Å². The zero-order chi connectivity index (χ0) is 10.6. The molecule has 14 heavy (non-hydrogen) atoms. The van der Waals surface area contributed by atoms with Gasteiger partial charge in [0.15, 0.2) is 0 Å². The molecule has 4 heteroatoms. The van der Waals surface area contributed by atoms with Crippen LogP contribution in [0.25, 0.3) is 0 Å². The van der Waals surface area contributed by atoms with Crippen molar-refractivity contribution < 1.29 is 14.3 Å². The monoisotopic (exact) mass is 201 g/mol. The molecule has 0 aliphatic rings. The topological polar surface area (TPSA) is 47.6 Å². The number of hydrogen-bond acceptors (Lipinski definition) is 3. The van der Waals surface area contributed by atoms with Gasteiger partial charge in [0.1, 0.15) is 6.79 Å². The smallest absolute Gasteiger partial charge is 0.220 e. The van der Waals surface area contributed by atoms with Crippen molar-refractivity contribution in [2.24, 2.45) is 0 Å². The van der Waals surface area contributed by atoms with Crippen molar-refractivity contribution in [1.82, 2.24) is 5.32 Å². The molecule has 0 unspecified atom stereocenters. The lowest BCUT2D eigenvalue weighted by Gasteiger charge is -2.00. The van der Waals surface area contributed by atoms with Gasteiger partial charge in [0.2, 0.25) is 5.91 Å². The van der Waals surface area contributed by atoms with Gasteiger partial charge < -0.3 is 14.8 Å². The van der Waals surface area contributed by atoms with Gasteiger partial charge >= 0.3 is 0 Å². The number of methoxy groups -OCH3 is 1. The second-order valence-electron chi connectivity index (χ2n) is 2.91. The van der Waals surface area contributed by atoms with Crippen molar-refractivity contribution in [3.05, 3.63) is 12.3 Å². The molecule has 4 nitrogen and oxygen atoms in total. The van der Waals surface area contributed by atoms with Crippen LogP contribution in [0.2, 0.25) is 0 Å². The van der Waals surface area contributed by atoms with Crippen LogP contribution in [0.4, 0.5) is 0 Å². The molecule has 0 bridgehead atoms. The maximum absolute atomic E-state index is 10.5. The average Bonchev–Trinajstić information content (AvgIpc) is 2.15. The molecule has 0 saturated carbocycles. The molecule has 0 aromatic carbocycles. The normalized spacial score (nSPS) is 10.7. The maximum Gasteiger partial charge on any atom is 0.220 e. The predicted octanol–water partition coefficient (Wildman–Crippen LogP) is 1.43. The van der Waals surface area contributed by atoms with Crippen molar-refractivity contribution in [3.8, 4) is 0 Å². The minimum Gasteiger partial charge on any atom is -0.359 e. The number of allylic oxidation sites excluding steroid dienone is 1. The minimum absolute atomic E-state index is 0.0373. The SMILES string of the molecule is COCOCCCC/C=C/NC(C)=O. The molecular formula is C10H19NO3. The largest absolute Gasteiger partial charge is 0.359 e. The molecule has 0 radical (unpaired) electrons. The Morgan fingerprint density at radius 3 is 2.86 bits per heavy atom. The van der Waals surface area contributed by atoms with E-state index in [1.54, 1.807) is 13.3 Å². The van der Waals surface area contributed by atoms with Gasteiger partial charge in [-0.2, -0.15) is 0 Å². The Hall–Kier alpha value is -0.870. The van der Waals surface area contributed by atoms with E-state index in [-0.39, 0.29) is 5.91 Å². The summed E-state index contributed by atoms with van der Waals surface area (Å²) >= 11 is 0. The molecule has 0 heterocycles. The highest BCUT2D eigenvalue weighted by Crippen LogP contribution is 1.96. The van der Waals surface area contributed by atoms with Crippen LogP contribution >= 0.6 is 0 Å². The number of nitrogens with one attached hydrogen (secondary N) is 1. The van der Waals surface area contributed by atoms with E-state index in [4.69, 9.17) is 9.47 Å². The number of carbonyl (C=O) groups excluding carboxylic acids is 1. The summed E-state index contributed by atoms with van der Waals surface area (Å²) < 4.78 is 9.84. The first-order chi connectivity index (χ1) is 6.77. The Bertz CT molecular complexity index is 169. The first-order valence-electron chi connectivity index (χ1n) is 4.76. The van der Waals surface area contributed by atoms with E-state index >= 15 is 0 Å². The van der Waals surface area contributed by atoms with Gasteiger partial charge in [-0.15, -0.1) is 0 Å². The lowest BCUT2D eigenvalue weighted by atomic mass is 10.2. The Morgan fingerprint density at radius 2 is 2.21 bits per heavy atom. The molecule has 0 aromatic rings. The quantitative estimate of drug-likeness (QED) is 0.477. The summed E-state index contributed by atoms with van der Waals surface area (Å²) in [4.78, 5) is 10.5. The van der Waals surface area contributed by atoms with Gasteiger partial charge in [-0.1, -0.05) is 6.08 Å². The van der Waals surface area contributed by atoms with E-state index in [0.29, 0.717) is 6.79 Å². The number of unbranched alkanes of at least 4 members (excludes halogenated alkanes) is 2. The molecular weight excluding hydrogens is 182 g/mol. The van der Waals surface area contributed by atoms with Crippen LogP contribution in [0.5, 0.6) is 0 Å². The minimum atomic E-state index is -0.0373. The molecule has 0 saturated heterocycles. The van der Waals surface area contributed by atoms with E-state index in [1.807, 2.05) is 6.08 Å². The van der Waals surface area contributed by atoms with Gasteiger partial charge in [0.25, 0.3) is 0 Å². The highest BCUT2D eigenvalue weighted by atomic mass is 16.7. The van der Waals surface area contributed by atoms with Gasteiger partial charge in [-0.3, -0.25) is 4.79 Å². The van der Waals surface area contributed by atoms with Crippen molar-refractivity contribution in [3.63, 3.8) is 0 Å². The third-order valence-corrected chi connectivity index (χ3v) is 1.52. The molecule has 0 spiro atoms. The average molecular weight is 201 g/mol. The molecule has 0 aromatic heterocycles. The number of ether oxygens (including phenoxy) is 2. The van der Waals surface area contributed by atoms with Crippen molar-refractivity contribution in [1.29, 1.82) is 0 Å². The van der Waals surface area contributed by atoms with Gasteiger partial charge in [0.05, 0.1) is 0 Å². The Kier molecular flexibility index (Phi) is 9.58. The molecule has 0 fully saturated rings. The molecule has 0 aliphatic carbocycles. The Morgan fingerprint density at radius 1 is 1.43 bits per heavy atom. The second kappa shape index (κ2) is 10.2. The molecule has 0 rings (SSSR count). The molecule has 0 atom stereocenters. The summed E-state index contributed by atoms with van der Waals surface area (Å²) in [6.07, 6.45) is 6.64. The van der Waals surface area contributed by atoms with E-state index < -0.39 is 0 Å².